The van der Waals surface area contributed by atoms with Crippen molar-refractivity contribution in [3.05, 3.63) is 21.9 Å². The first-order valence-electron chi connectivity index (χ1n) is 3.73. The fourth-order valence-corrected chi connectivity index (χ4v) is 0.896. The maximum Gasteiger partial charge on any atom is 0.342 e. The van der Waals surface area contributed by atoms with Crippen molar-refractivity contribution in [2.24, 2.45) is 5.73 Å². The third-order valence-corrected chi connectivity index (χ3v) is 1.56. The Morgan fingerprint density at radius 3 is 3.00 bits per heavy atom. The van der Waals surface area contributed by atoms with Crippen LogP contribution in [0, 0.1) is 10.1 Å². The summed E-state index contributed by atoms with van der Waals surface area (Å²) in [6, 6.07) is 1.19. The maximum absolute atomic E-state index is 10.2. The van der Waals surface area contributed by atoms with Gasteiger partial charge in [0.15, 0.2) is 0 Å². The Kier molecular flexibility index (Phi) is 2.93. The molecule has 0 aliphatic rings. The summed E-state index contributed by atoms with van der Waals surface area (Å²) >= 11 is 0. The van der Waals surface area contributed by atoms with Crippen molar-refractivity contribution in [3.8, 4) is 0 Å². The molecule has 0 spiro atoms. The van der Waals surface area contributed by atoms with Crippen molar-refractivity contribution < 1.29 is 10.0 Å². The number of nitrogens with two attached hydrogens (primary N) is 1. The van der Waals surface area contributed by atoms with Crippen molar-refractivity contribution >= 4 is 5.82 Å². The van der Waals surface area contributed by atoms with Crippen LogP contribution in [0.1, 0.15) is 18.2 Å². The van der Waals surface area contributed by atoms with Crippen LogP contribution in [0.15, 0.2) is 6.07 Å². The number of aromatic nitrogens is 2. The van der Waals surface area contributed by atoms with E-state index in [2.05, 4.69) is 10.2 Å². The van der Waals surface area contributed by atoms with Gasteiger partial charge in [-0.15, -0.1) is 5.10 Å². The SMILES string of the molecule is NCC[C@@H](O)c1cc([N+](=O)[O-])[nH]n1. The predicted molar refractivity (Wildman–Crippen MR) is 43.9 cm³/mol. The molecule has 0 aliphatic carbocycles. The number of hydrogen-bond donors (Lipinski definition) is 3. The second kappa shape index (κ2) is 3.97. The van der Waals surface area contributed by atoms with Gasteiger partial charge in [0, 0.05) is 0 Å². The minimum absolute atomic E-state index is 0.230. The summed E-state index contributed by atoms with van der Waals surface area (Å²) < 4.78 is 0. The third kappa shape index (κ3) is 2.23. The van der Waals surface area contributed by atoms with Gasteiger partial charge >= 0.3 is 5.82 Å². The van der Waals surface area contributed by atoms with E-state index in [-0.39, 0.29) is 11.5 Å². The van der Waals surface area contributed by atoms with Crippen LogP contribution in [0.3, 0.4) is 0 Å². The fourth-order valence-electron chi connectivity index (χ4n) is 0.896. The fraction of sp³-hybridized carbons (Fsp3) is 0.500. The van der Waals surface area contributed by atoms with Crippen molar-refractivity contribution in [2.45, 2.75) is 12.5 Å². The number of nitrogens with zero attached hydrogens (tertiary/aromatic N) is 2. The van der Waals surface area contributed by atoms with E-state index < -0.39 is 11.0 Å². The molecule has 1 rings (SSSR count). The van der Waals surface area contributed by atoms with Gasteiger partial charge in [-0.2, -0.15) is 0 Å². The lowest BCUT2D eigenvalue weighted by atomic mass is 10.2. The lowest BCUT2D eigenvalue weighted by Gasteiger charge is -2.01. The molecule has 0 fully saturated rings. The molecule has 0 amide bonds. The Morgan fingerprint density at radius 2 is 2.54 bits per heavy atom. The van der Waals surface area contributed by atoms with Gasteiger partial charge in [0.1, 0.15) is 11.8 Å². The number of nitrogens with one attached hydrogen (secondary N) is 1. The van der Waals surface area contributed by atoms with Gasteiger partial charge in [0.05, 0.1) is 6.07 Å². The standard InChI is InChI=1S/C6H10N4O3/c7-2-1-5(11)4-3-6(9-8-4)10(12)13/h3,5,11H,1-2,7H2,(H,8,9)/t5-/m1/s1. The molecule has 0 unspecified atom stereocenters. The summed E-state index contributed by atoms with van der Waals surface area (Å²) in [5.41, 5.74) is 5.45. The number of aliphatic hydroxyl groups is 1. The summed E-state index contributed by atoms with van der Waals surface area (Å²) in [5.74, 6) is -0.230. The lowest BCUT2D eigenvalue weighted by molar-refractivity contribution is -0.389. The zero-order valence-electron chi connectivity index (χ0n) is 6.80. The van der Waals surface area contributed by atoms with Gasteiger partial charge in [0.25, 0.3) is 0 Å². The Balaban J connectivity index is 2.73. The zero-order chi connectivity index (χ0) is 9.84. The number of aliphatic hydroxyl groups excluding tert-OH is 1. The summed E-state index contributed by atoms with van der Waals surface area (Å²) in [5, 5.41) is 25.3. The van der Waals surface area contributed by atoms with Crippen LogP contribution >= 0.6 is 0 Å². The summed E-state index contributed by atoms with van der Waals surface area (Å²) in [6.07, 6.45) is -0.503. The van der Waals surface area contributed by atoms with Crippen LogP contribution in [0.4, 0.5) is 5.82 Å². The molecule has 13 heavy (non-hydrogen) atoms. The monoisotopic (exact) mass is 186 g/mol. The second-order valence-electron chi connectivity index (χ2n) is 2.53. The third-order valence-electron chi connectivity index (χ3n) is 1.56. The van der Waals surface area contributed by atoms with Crippen molar-refractivity contribution in [3.63, 3.8) is 0 Å². The number of aromatic amines is 1. The summed E-state index contributed by atoms with van der Waals surface area (Å²) in [4.78, 5) is 9.62. The predicted octanol–water partition coefficient (Wildman–Crippen LogP) is -0.300. The molecule has 1 heterocycles. The molecule has 0 saturated carbocycles. The van der Waals surface area contributed by atoms with Crippen LogP contribution in [-0.4, -0.2) is 26.8 Å². The molecule has 0 bridgehead atoms. The Hall–Kier alpha value is -1.47. The molecule has 7 nitrogen and oxygen atoms in total. The highest BCUT2D eigenvalue weighted by Gasteiger charge is 2.15. The summed E-state index contributed by atoms with van der Waals surface area (Å²) in [7, 11) is 0. The van der Waals surface area contributed by atoms with E-state index in [1.165, 1.54) is 6.07 Å². The molecule has 1 aromatic rings. The van der Waals surface area contributed by atoms with E-state index in [1.807, 2.05) is 0 Å². The topological polar surface area (TPSA) is 118 Å². The first-order valence-corrected chi connectivity index (χ1v) is 3.73. The van der Waals surface area contributed by atoms with E-state index in [9.17, 15) is 15.2 Å². The molecule has 1 aromatic heterocycles. The minimum atomic E-state index is -0.838. The van der Waals surface area contributed by atoms with Gasteiger partial charge in [-0.25, -0.2) is 0 Å². The molecule has 7 heteroatoms. The molecule has 0 radical (unpaired) electrons. The Morgan fingerprint density at radius 1 is 1.85 bits per heavy atom. The van der Waals surface area contributed by atoms with Crippen molar-refractivity contribution in [2.75, 3.05) is 6.54 Å². The average molecular weight is 186 g/mol. The van der Waals surface area contributed by atoms with Crippen LogP contribution in [-0.2, 0) is 0 Å². The van der Waals surface area contributed by atoms with E-state index in [4.69, 9.17) is 5.73 Å². The first-order chi connectivity index (χ1) is 6.15. The van der Waals surface area contributed by atoms with Gasteiger partial charge in [-0.1, -0.05) is 5.10 Å². The number of H-pyrrole nitrogens is 1. The molecule has 0 aliphatic heterocycles. The largest absolute Gasteiger partial charge is 0.387 e. The molecule has 72 valence electrons. The quantitative estimate of drug-likeness (QED) is 0.440. The minimum Gasteiger partial charge on any atom is -0.387 e. The van der Waals surface area contributed by atoms with Crippen LogP contribution in [0.5, 0.6) is 0 Å². The molecular formula is C6H10N4O3. The van der Waals surface area contributed by atoms with Gasteiger partial charge in [-0.05, 0) is 17.9 Å². The number of rotatable bonds is 4. The normalized spacial score (nSPS) is 12.8. The Labute approximate surface area is 73.7 Å². The van der Waals surface area contributed by atoms with E-state index in [0.29, 0.717) is 13.0 Å². The van der Waals surface area contributed by atoms with Gasteiger partial charge in [-0.3, -0.25) is 0 Å². The van der Waals surface area contributed by atoms with E-state index in [1.54, 1.807) is 0 Å². The number of nitro groups is 1. The van der Waals surface area contributed by atoms with Crippen molar-refractivity contribution in [1.29, 1.82) is 0 Å². The Bertz CT molecular complexity index is 298. The molecule has 4 N–H and O–H groups in total. The van der Waals surface area contributed by atoms with Crippen molar-refractivity contribution in [1.82, 2.24) is 10.2 Å². The zero-order valence-corrected chi connectivity index (χ0v) is 6.80. The smallest absolute Gasteiger partial charge is 0.342 e. The lowest BCUT2D eigenvalue weighted by Crippen LogP contribution is -2.06. The van der Waals surface area contributed by atoms with Gasteiger partial charge in [0.2, 0.25) is 0 Å². The van der Waals surface area contributed by atoms with E-state index >= 15 is 0 Å². The highest BCUT2D eigenvalue weighted by Crippen LogP contribution is 2.17. The summed E-state index contributed by atoms with van der Waals surface area (Å²) in [6.45, 7) is 0.307. The number of hydrogen-bond acceptors (Lipinski definition) is 5. The molecule has 0 aromatic carbocycles. The maximum atomic E-state index is 10.2. The average Bonchev–Trinajstić information content (AvgIpc) is 2.52. The second-order valence-corrected chi connectivity index (χ2v) is 2.53. The van der Waals surface area contributed by atoms with E-state index in [0.717, 1.165) is 0 Å². The molecule has 1 atom stereocenters. The van der Waals surface area contributed by atoms with Crippen LogP contribution in [0.25, 0.3) is 0 Å². The van der Waals surface area contributed by atoms with Crippen LogP contribution in [0.2, 0.25) is 0 Å². The first kappa shape index (κ1) is 9.62. The molecular weight excluding hydrogens is 176 g/mol. The molecule has 0 saturated heterocycles. The highest BCUT2D eigenvalue weighted by atomic mass is 16.6. The highest BCUT2D eigenvalue weighted by molar-refractivity contribution is 5.21. The van der Waals surface area contributed by atoms with Crippen LogP contribution < -0.4 is 5.73 Å². The van der Waals surface area contributed by atoms with Gasteiger partial charge < -0.3 is 21.0 Å².